The summed E-state index contributed by atoms with van der Waals surface area (Å²) in [5.74, 6) is 6.23. The van der Waals surface area contributed by atoms with Gasteiger partial charge >= 0.3 is 0 Å². The van der Waals surface area contributed by atoms with Crippen molar-refractivity contribution < 1.29 is 9.53 Å². The van der Waals surface area contributed by atoms with Gasteiger partial charge in [-0.25, -0.2) is 5.84 Å². The number of ether oxygens (including phenoxy) is 1. The zero-order chi connectivity index (χ0) is 15.2. The number of amides is 1. The second kappa shape index (κ2) is 7.24. The lowest BCUT2D eigenvalue weighted by atomic mass is 9.99. The Kier molecular flexibility index (Phi) is 5.36. The summed E-state index contributed by atoms with van der Waals surface area (Å²) in [5.41, 5.74) is 3.44. The minimum atomic E-state index is -0.274. The predicted octanol–water partition coefficient (Wildman–Crippen LogP) is 3.44. The first kappa shape index (κ1) is 15.5. The molecule has 1 heterocycles. The number of hydrazine groups is 1. The number of nitrogens with one attached hydrogen (secondary N) is 1. The molecule has 112 valence electrons. The largest absolute Gasteiger partial charge is 0.488 e. The number of nitrogen functional groups attached to an aromatic ring is 1. The molecule has 4 nitrogen and oxygen atoms in total. The van der Waals surface area contributed by atoms with Crippen molar-refractivity contribution in [3.05, 3.63) is 51.7 Å². The Morgan fingerprint density at radius 3 is 2.62 bits per heavy atom. The fourth-order valence-corrected chi connectivity index (χ4v) is 2.76. The number of hydrogen-bond donors (Lipinski definition) is 2. The van der Waals surface area contributed by atoms with Crippen LogP contribution in [0.1, 0.15) is 46.3 Å². The average molecular weight is 304 g/mol. The Bertz CT molecular complexity index is 593. The van der Waals surface area contributed by atoms with Gasteiger partial charge in [0.2, 0.25) is 0 Å². The van der Waals surface area contributed by atoms with Crippen molar-refractivity contribution in [3.8, 4) is 5.75 Å². The monoisotopic (exact) mass is 304 g/mol. The van der Waals surface area contributed by atoms with Crippen LogP contribution in [0.5, 0.6) is 5.75 Å². The van der Waals surface area contributed by atoms with E-state index in [0.29, 0.717) is 17.4 Å². The molecule has 0 aliphatic rings. The Balaban J connectivity index is 1.93. The molecule has 0 spiro atoms. The molecular weight excluding hydrogens is 284 g/mol. The van der Waals surface area contributed by atoms with Gasteiger partial charge < -0.3 is 4.74 Å². The van der Waals surface area contributed by atoms with E-state index in [1.54, 1.807) is 6.07 Å². The zero-order valence-corrected chi connectivity index (χ0v) is 13.1. The molecule has 5 heteroatoms. The molecule has 0 aliphatic heterocycles. The summed E-state index contributed by atoms with van der Waals surface area (Å²) in [6.07, 6.45) is 1.13. The fraction of sp³-hybridized carbons (Fsp3) is 0.312. The van der Waals surface area contributed by atoms with Crippen molar-refractivity contribution in [3.63, 3.8) is 0 Å². The number of rotatable bonds is 6. The maximum Gasteiger partial charge on any atom is 0.275 e. The molecule has 3 N–H and O–H groups in total. The van der Waals surface area contributed by atoms with Gasteiger partial charge in [-0.15, -0.1) is 11.3 Å². The number of carbonyl (C=O) groups excluding carboxylic acids is 1. The third-order valence-electron chi connectivity index (χ3n) is 3.46. The smallest absolute Gasteiger partial charge is 0.275 e. The second-order valence-electron chi connectivity index (χ2n) is 4.91. The van der Waals surface area contributed by atoms with Gasteiger partial charge in [-0.1, -0.05) is 26.0 Å². The van der Waals surface area contributed by atoms with Crippen LogP contribution in [0.3, 0.4) is 0 Å². The highest BCUT2D eigenvalue weighted by Crippen LogP contribution is 2.23. The van der Waals surface area contributed by atoms with E-state index in [1.165, 1.54) is 16.9 Å². The lowest BCUT2D eigenvalue weighted by Crippen LogP contribution is -2.29. The summed E-state index contributed by atoms with van der Waals surface area (Å²) < 4.78 is 5.73. The predicted molar refractivity (Wildman–Crippen MR) is 85.5 cm³/mol. The normalized spacial score (nSPS) is 12.0. The number of carbonyl (C=O) groups is 1. The van der Waals surface area contributed by atoms with Crippen LogP contribution in [0.25, 0.3) is 0 Å². The molecule has 0 bridgehead atoms. The molecule has 0 saturated carbocycles. The Labute approximate surface area is 128 Å². The van der Waals surface area contributed by atoms with Crippen molar-refractivity contribution in [2.45, 2.75) is 32.8 Å². The number of thiophene rings is 1. The van der Waals surface area contributed by atoms with Crippen LogP contribution in [-0.4, -0.2) is 5.91 Å². The summed E-state index contributed by atoms with van der Waals surface area (Å²) in [7, 11) is 0. The molecular formula is C16H20N2O2S. The molecule has 1 amide bonds. The molecule has 1 atom stereocenters. The van der Waals surface area contributed by atoms with Gasteiger partial charge in [-0.3, -0.25) is 10.2 Å². The van der Waals surface area contributed by atoms with Gasteiger partial charge in [-0.2, -0.15) is 0 Å². The van der Waals surface area contributed by atoms with Crippen molar-refractivity contribution in [1.82, 2.24) is 5.43 Å². The topological polar surface area (TPSA) is 64.3 Å². The summed E-state index contributed by atoms with van der Waals surface area (Å²) in [4.78, 5) is 12.9. The van der Waals surface area contributed by atoms with E-state index in [2.05, 4.69) is 31.4 Å². The zero-order valence-electron chi connectivity index (χ0n) is 12.3. The first-order valence-electron chi connectivity index (χ1n) is 6.96. The van der Waals surface area contributed by atoms with Crippen molar-refractivity contribution in [2.24, 2.45) is 5.84 Å². The minimum Gasteiger partial charge on any atom is -0.488 e. The second-order valence-corrected chi connectivity index (χ2v) is 6.07. The maximum absolute atomic E-state index is 11.4. The summed E-state index contributed by atoms with van der Waals surface area (Å²) in [6.45, 7) is 4.84. The van der Waals surface area contributed by atoms with Gasteiger partial charge in [-0.05, 0) is 42.2 Å². The maximum atomic E-state index is 11.4. The first-order valence-corrected chi connectivity index (χ1v) is 7.78. The molecule has 2 aromatic rings. The number of nitrogens with two attached hydrogens (primary N) is 1. The van der Waals surface area contributed by atoms with E-state index in [0.717, 1.165) is 17.0 Å². The van der Waals surface area contributed by atoms with E-state index < -0.39 is 0 Å². The SMILES string of the molecule is CCC(C)c1ccc(OCc2ccc(C(=O)NN)s2)cc1. The van der Waals surface area contributed by atoms with Crippen molar-refractivity contribution >= 4 is 17.2 Å². The van der Waals surface area contributed by atoms with Gasteiger partial charge in [0.25, 0.3) is 5.91 Å². The highest BCUT2D eigenvalue weighted by Gasteiger charge is 2.08. The van der Waals surface area contributed by atoms with E-state index in [4.69, 9.17) is 10.6 Å². The fourth-order valence-electron chi connectivity index (χ4n) is 1.93. The molecule has 21 heavy (non-hydrogen) atoms. The summed E-state index contributed by atoms with van der Waals surface area (Å²) >= 11 is 1.38. The summed E-state index contributed by atoms with van der Waals surface area (Å²) in [6, 6.07) is 11.8. The Morgan fingerprint density at radius 2 is 2.00 bits per heavy atom. The van der Waals surface area contributed by atoms with Crippen LogP contribution in [0.4, 0.5) is 0 Å². The van der Waals surface area contributed by atoms with Gasteiger partial charge in [0.05, 0.1) is 4.88 Å². The number of benzene rings is 1. The minimum absolute atomic E-state index is 0.274. The van der Waals surface area contributed by atoms with Crippen LogP contribution in [0.15, 0.2) is 36.4 Å². The molecule has 1 aromatic carbocycles. The summed E-state index contributed by atoms with van der Waals surface area (Å²) in [5, 5.41) is 0. The van der Waals surface area contributed by atoms with E-state index in [1.807, 2.05) is 18.2 Å². The Morgan fingerprint density at radius 1 is 1.29 bits per heavy atom. The van der Waals surface area contributed by atoms with Gasteiger partial charge in [0, 0.05) is 4.88 Å². The van der Waals surface area contributed by atoms with Crippen molar-refractivity contribution in [2.75, 3.05) is 0 Å². The molecule has 0 aliphatic carbocycles. The molecule has 0 radical (unpaired) electrons. The molecule has 0 saturated heterocycles. The van der Waals surface area contributed by atoms with Crippen LogP contribution < -0.4 is 16.0 Å². The van der Waals surface area contributed by atoms with Gasteiger partial charge in [0.1, 0.15) is 12.4 Å². The molecule has 0 fully saturated rings. The lowest BCUT2D eigenvalue weighted by Gasteiger charge is -2.10. The first-order chi connectivity index (χ1) is 10.1. The molecule has 1 aromatic heterocycles. The average Bonchev–Trinajstić information content (AvgIpc) is 3.01. The highest BCUT2D eigenvalue weighted by molar-refractivity contribution is 7.14. The van der Waals surface area contributed by atoms with Crippen LogP contribution in [-0.2, 0) is 6.61 Å². The third kappa shape index (κ3) is 4.06. The highest BCUT2D eigenvalue weighted by atomic mass is 32.1. The van der Waals surface area contributed by atoms with E-state index in [-0.39, 0.29) is 5.91 Å². The standard InChI is InChI=1S/C16H20N2O2S/c1-3-11(2)12-4-6-13(7-5-12)20-10-14-8-9-15(21-14)16(19)18-17/h4-9,11H,3,10,17H2,1-2H3,(H,18,19). The van der Waals surface area contributed by atoms with E-state index in [9.17, 15) is 4.79 Å². The van der Waals surface area contributed by atoms with Crippen molar-refractivity contribution in [1.29, 1.82) is 0 Å². The molecule has 2 rings (SSSR count). The van der Waals surface area contributed by atoms with Gasteiger partial charge in [0.15, 0.2) is 0 Å². The van der Waals surface area contributed by atoms with E-state index >= 15 is 0 Å². The van der Waals surface area contributed by atoms with Crippen LogP contribution in [0, 0.1) is 0 Å². The van der Waals surface area contributed by atoms with Crippen LogP contribution in [0.2, 0.25) is 0 Å². The third-order valence-corrected chi connectivity index (χ3v) is 4.52. The van der Waals surface area contributed by atoms with Crippen LogP contribution >= 0.6 is 11.3 Å². The number of hydrogen-bond acceptors (Lipinski definition) is 4. The quantitative estimate of drug-likeness (QED) is 0.488. The molecule has 1 unspecified atom stereocenters. The lowest BCUT2D eigenvalue weighted by molar-refractivity contribution is 0.0957. The Hall–Kier alpha value is -1.85.